The Hall–Kier alpha value is -3.75. The summed E-state index contributed by atoms with van der Waals surface area (Å²) in [7, 11) is 0. The Morgan fingerprint density at radius 3 is 2.33 bits per heavy atom. The topological polar surface area (TPSA) is 87.7 Å². The van der Waals surface area contributed by atoms with E-state index >= 15 is 0 Å². The Kier molecular flexibility index (Phi) is 6.39. The SMILES string of the molecule is Cc1cccc(OCC(=O)NC(=S)Nc2ccc(N3C(=O)c4ccccc4C3=O)cc2Cl)c1. The molecule has 0 unspecified atom stereocenters. The monoisotopic (exact) mass is 479 g/mol. The fourth-order valence-electron chi connectivity index (χ4n) is 3.34. The highest BCUT2D eigenvalue weighted by molar-refractivity contribution is 7.80. The van der Waals surface area contributed by atoms with Gasteiger partial charge in [-0.3, -0.25) is 19.7 Å². The fourth-order valence-corrected chi connectivity index (χ4v) is 3.78. The first-order chi connectivity index (χ1) is 15.8. The number of amides is 3. The first-order valence-corrected chi connectivity index (χ1v) is 10.7. The molecule has 0 saturated heterocycles. The summed E-state index contributed by atoms with van der Waals surface area (Å²) in [5, 5.41) is 5.59. The first kappa shape index (κ1) is 22.4. The van der Waals surface area contributed by atoms with Gasteiger partial charge < -0.3 is 10.1 Å². The number of fused-ring (bicyclic) bond motifs is 1. The minimum atomic E-state index is -0.437. The van der Waals surface area contributed by atoms with Crippen LogP contribution in [0.25, 0.3) is 0 Å². The molecule has 3 aromatic carbocycles. The number of nitrogens with one attached hydrogen (secondary N) is 2. The van der Waals surface area contributed by atoms with Gasteiger partial charge in [0.2, 0.25) is 0 Å². The minimum absolute atomic E-state index is 0.0308. The molecule has 9 heteroatoms. The molecule has 4 rings (SSSR count). The summed E-state index contributed by atoms with van der Waals surface area (Å²) >= 11 is 11.5. The average Bonchev–Trinajstić information content (AvgIpc) is 3.04. The summed E-state index contributed by atoms with van der Waals surface area (Å²) in [4.78, 5) is 38.5. The predicted molar refractivity (Wildman–Crippen MR) is 130 cm³/mol. The van der Waals surface area contributed by atoms with E-state index in [1.165, 1.54) is 6.07 Å². The second-order valence-electron chi connectivity index (χ2n) is 7.26. The number of carbonyl (C=O) groups is 3. The van der Waals surface area contributed by atoms with E-state index in [4.69, 9.17) is 28.6 Å². The molecule has 0 bridgehead atoms. The van der Waals surface area contributed by atoms with Gasteiger partial charge in [0, 0.05) is 0 Å². The lowest BCUT2D eigenvalue weighted by molar-refractivity contribution is -0.121. The standard InChI is InChI=1S/C24H18ClN3O4S/c1-14-5-4-6-16(11-14)32-13-21(29)27-24(33)26-20-10-9-15(12-19(20)25)28-22(30)17-7-2-3-8-18(17)23(28)31/h2-12H,13H2,1H3,(H2,26,27,29,33). The molecular weight excluding hydrogens is 462 g/mol. The number of aryl methyl sites for hydroxylation is 1. The van der Waals surface area contributed by atoms with Crippen molar-refractivity contribution in [3.63, 3.8) is 0 Å². The van der Waals surface area contributed by atoms with E-state index in [0.29, 0.717) is 28.3 Å². The van der Waals surface area contributed by atoms with Gasteiger partial charge in [-0.15, -0.1) is 0 Å². The van der Waals surface area contributed by atoms with Crippen LogP contribution < -0.4 is 20.3 Å². The van der Waals surface area contributed by atoms with E-state index in [2.05, 4.69) is 10.6 Å². The Morgan fingerprint density at radius 2 is 1.70 bits per heavy atom. The Labute approximate surface area is 200 Å². The summed E-state index contributed by atoms with van der Waals surface area (Å²) in [6, 6.07) is 18.6. The molecule has 33 heavy (non-hydrogen) atoms. The number of benzene rings is 3. The average molecular weight is 480 g/mol. The summed E-state index contributed by atoms with van der Waals surface area (Å²) in [6.07, 6.45) is 0. The van der Waals surface area contributed by atoms with Crippen LogP contribution in [0.2, 0.25) is 5.02 Å². The molecular formula is C24H18ClN3O4S. The van der Waals surface area contributed by atoms with Crippen LogP contribution >= 0.6 is 23.8 Å². The van der Waals surface area contributed by atoms with Crippen molar-refractivity contribution in [2.24, 2.45) is 0 Å². The van der Waals surface area contributed by atoms with Gasteiger partial charge in [0.15, 0.2) is 11.7 Å². The molecule has 1 heterocycles. The minimum Gasteiger partial charge on any atom is -0.484 e. The molecule has 1 aliphatic rings. The molecule has 3 aromatic rings. The van der Waals surface area contributed by atoms with Crippen molar-refractivity contribution in [1.82, 2.24) is 5.32 Å². The molecule has 0 radical (unpaired) electrons. The normalized spacial score (nSPS) is 12.4. The van der Waals surface area contributed by atoms with Crippen molar-refractivity contribution in [3.05, 3.63) is 88.4 Å². The van der Waals surface area contributed by atoms with Crippen molar-refractivity contribution in [1.29, 1.82) is 0 Å². The van der Waals surface area contributed by atoms with Crippen LogP contribution in [0.5, 0.6) is 5.75 Å². The van der Waals surface area contributed by atoms with E-state index in [0.717, 1.165) is 10.5 Å². The Bertz CT molecular complexity index is 1260. The number of carbonyl (C=O) groups excluding carboxylic acids is 3. The molecule has 0 atom stereocenters. The maximum absolute atomic E-state index is 12.7. The maximum atomic E-state index is 12.7. The third kappa shape index (κ3) is 4.87. The molecule has 0 aliphatic carbocycles. The zero-order valence-electron chi connectivity index (χ0n) is 17.4. The van der Waals surface area contributed by atoms with Crippen LogP contribution in [0.15, 0.2) is 66.7 Å². The molecule has 0 aromatic heterocycles. The number of imide groups is 1. The zero-order valence-corrected chi connectivity index (χ0v) is 19.0. The smallest absolute Gasteiger partial charge is 0.266 e. The third-order valence-electron chi connectivity index (χ3n) is 4.87. The molecule has 7 nitrogen and oxygen atoms in total. The summed E-state index contributed by atoms with van der Waals surface area (Å²) in [5.74, 6) is -0.684. The van der Waals surface area contributed by atoms with Crippen LogP contribution in [0.1, 0.15) is 26.3 Å². The molecule has 0 fully saturated rings. The highest BCUT2D eigenvalue weighted by atomic mass is 35.5. The number of ether oxygens (including phenoxy) is 1. The lowest BCUT2D eigenvalue weighted by Crippen LogP contribution is -2.37. The summed E-state index contributed by atoms with van der Waals surface area (Å²) < 4.78 is 5.45. The Balaban J connectivity index is 1.37. The van der Waals surface area contributed by atoms with Gasteiger partial charge in [0.05, 0.1) is 27.5 Å². The van der Waals surface area contributed by atoms with Crippen molar-refractivity contribution in [3.8, 4) is 5.75 Å². The van der Waals surface area contributed by atoms with E-state index in [9.17, 15) is 14.4 Å². The van der Waals surface area contributed by atoms with Crippen LogP contribution in [-0.2, 0) is 4.79 Å². The van der Waals surface area contributed by atoms with Crippen molar-refractivity contribution >= 4 is 58.0 Å². The van der Waals surface area contributed by atoms with Gasteiger partial charge in [-0.1, -0.05) is 35.9 Å². The van der Waals surface area contributed by atoms with Gasteiger partial charge >= 0.3 is 0 Å². The van der Waals surface area contributed by atoms with Crippen LogP contribution in [0, 0.1) is 6.92 Å². The summed E-state index contributed by atoms with van der Waals surface area (Å²) in [5.41, 5.74) is 2.44. The van der Waals surface area contributed by atoms with Gasteiger partial charge in [0.25, 0.3) is 17.7 Å². The largest absolute Gasteiger partial charge is 0.484 e. The number of hydrogen-bond acceptors (Lipinski definition) is 5. The Morgan fingerprint density at radius 1 is 1.00 bits per heavy atom. The molecule has 166 valence electrons. The summed E-state index contributed by atoms with van der Waals surface area (Å²) in [6.45, 7) is 1.72. The van der Waals surface area contributed by atoms with E-state index in [1.807, 2.05) is 25.1 Å². The molecule has 2 N–H and O–H groups in total. The maximum Gasteiger partial charge on any atom is 0.266 e. The number of nitrogens with zero attached hydrogens (tertiary/aromatic N) is 1. The van der Waals surface area contributed by atoms with Crippen LogP contribution in [0.4, 0.5) is 11.4 Å². The lowest BCUT2D eigenvalue weighted by atomic mass is 10.1. The molecule has 0 spiro atoms. The van der Waals surface area contributed by atoms with Crippen LogP contribution in [0.3, 0.4) is 0 Å². The van der Waals surface area contributed by atoms with Gasteiger partial charge in [-0.2, -0.15) is 0 Å². The second-order valence-corrected chi connectivity index (χ2v) is 8.08. The van der Waals surface area contributed by atoms with Crippen molar-refractivity contribution in [2.45, 2.75) is 6.92 Å². The second kappa shape index (κ2) is 9.40. The highest BCUT2D eigenvalue weighted by Crippen LogP contribution is 2.32. The van der Waals surface area contributed by atoms with E-state index in [-0.39, 0.29) is 16.7 Å². The van der Waals surface area contributed by atoms with Crippen LogP contribution in [-0.4, -0.2) is 29.4 Å². The number of anilines is 2. The number of thiocarbonyl (C=S) groups is 1. The molecule has 3 amide bonds. The van der Waals surface area contributed by atoms with Gasteiger partial charge in [-0.05, 0) is 67.2 Å². The molecule has 0 saturated carbocycles. The zero-order chi connectivity index (χ0) is 23.5. The number of halogens is 1. The van der Waals surface area contributed by atoms with Crippen molar-refractivity contribution < 1.29 is 19.1 Å². The molecule has 1 aliphatic heterocycles. The van der Waals surface area contributed by atoms with E-state index < -0.39 is 17.7 Å². The van der Waals surface area contributed by atoms with Gasteiger partial charge in [0.1, 0.15) is 5.75 Å². The third-order valence-corrected chi connectivity index (χ3v) is 5.38. The predicted octanol–water partition coefficient (Wildman–Crippen LogP) is 4.34. The number of hydrogen-bond donors (Lipinski definition) is 2. The van der Waals surface area contributed by atoms with Gasteiger partial charge in [-0.25, -0.2) is 4.90 Å². The van der Waals surface area contributed by atoms with Crippen molar-refractivity contribution in [2.75, 3.05) is 16.8 Å². The quantitative estimate of drug-likeness (QED) is 0.418. The lowest BCUT2D eigenvalue weighted by Gasteiger charge is -2.16. The number of rotatable bonds is 5. The first-order valence-electron chi connectivity index (χ1n) is 9.91. The highest BCUT2D eigenvalue weighted by Gasteiger charge is 2.36. The fraction of sp³-hybridized carbons (Fsp3) is 0.0833. The van der Waals surface area contributed by atoms with E-state index in [1.54, 1.807) is 42.5 Å².